The number of hydrogen-bond acceptors (Lipinski definition) is 7. The van der Waals surface area contributed by atoms with Crippen LogP contribution in [-0.4, -0.2) is 73.3 Å². The molecular weight excluding hydrogens is 495 g/mol. The minimum Gasteiger partial charge on any atom is -0.369 e. The van der Waals surface area contributed by atoms with Gasteiger partial charge in [0.2, 0.25) is 5.91 Å². The van der Waals surface area contributed by atoms with Crippen molar-refractivity contribution in [3.8, 4) is 6.07 Å². The SMILES string of the molecule is CN1CCN(c2ccc(NC(=O)[C@]34CN(c5ccc(C#N)c6ncccc56)C[C@@]3(C(F)(F)F)C4)nc2)CC1. The molecule has 4 heterocycles. The lowest BCUT2D eigenvalue weighted by molar-refractivity contribution is -0.191. The number of amides is 1. The molecule has 2 saturated heterocycles. The van der Waals surface area contributed by atoms with E-state index in [0.717, 1.165) is 31.9 Å². The molecule has 1 N–H and O–H groups in total. The zero-order valence-electron chi connectivity index (χ0n) is 20.8. The minimum atomic E-state index is -4.56. The first-order valence-corrected chi connectivity index (χ1v) is 12.5. The van der Waals surface area contributed by atoms with Crippen LogP contribution in [0, 0.1) is 22.2 Å². The number of nitrogens with zero attached hydrogens (tertiary/aromatic N) is 6. The molecule has 0 bridgehead atoms. The summed E-state index contributed by atoms with van der Waals surface area (Å²) in [4.78, 5) is 28.1. The standard InChI is InChI=1S/C27H26F3N7O/c1-35-9-11-36(12-10-35)19-5-7-22(33-14-19)34-24(38)25-15-26(25,27(28,29)30)17-37(16-25)21-6-4-18(13-31)23-20(21)3-2-8-32-23/h2-8,14H,9-12,15-17H2,1H3,(H,33,34,38)/t25-,26-/m0/s1. The van der Waals surface area contributed by atoms with Crippen molar-refractivity contribution in [3.05, 3.63) is 54.4 Å². The fraction of sp³-hybridized carbons (Fsp3) is 0.407. The third-order valence-corrected chi connectivity index (χ3v) is 8.36. The van der Waals surface area contributed by atoms with Crippen molar-refractivity contribution in [2.45, 2.75) is 12.6 Å². The number of benzene rings is 1. The van der Waals surface area contributed by atoms with Crippen LogP contribution in [-0.2, 0) is 4.79 Å². The van der Waals surface area contributed by atoms with Crippen molar-refractivity contribution in [2.24, 2.45) is 10.8 Å². The number of pyridine rings is 2. The predicted octanol–water partition coefficient (Wildman–Crippen LogP) is 3.65. The van der Waals surface area contributed by atoms with Gasteiger partial charge < -0.3 is 20.0 Å². The number of hydrogen-bond donors (Lipinski definition) is 1. The molecule has 1 aliphatic carbocycles. The number of piperidine rings is 1. The lowest BCUT2D eigenvalue weighted by Gasteiger charge is -2.33. The van der Waals surface area contributed by atoms with Gasteiger partial charge in [0.05, 0.1) is 28.4 Å². The summed E-state index contributed by atoms with van der Waals surface area (Å²) in [5.74, 6) is -0.440. The molecule has 8 nitrogen and oxygen atoms in total. The van der Waals surface area contributed by atoms with E-state index in [4.69, 9.17) is 0 Å². The van der Waals surface area contributed by atoms with Crippen molar-refractivity contribution in [2.75, 3.05) is 61.4 Å². The summed E-state index contributed by atoms with van der Waals surface area (Å²) in [6, 6.07) is 12.2. The predicted molar refractivity (Wildman–Crippen MR) is 137 cm³/mol. The van der Waals surface area contributed by atoms with E-state index in [-0.39, 0.29) is 25.3 Å². The molecule has 2 aliphatic heterocycles. The highest BCUT2D eigenvalue weighted by Gasteiger charge is 2.86. The van der Waals surface area contributed by atoms with E-state index >= 15 is 0 Å². The molecule has 2 atom stereocenters. The van der Waals surface area contributed by atoms with Gasteiger partial charge >= 0.3 is 6.18 Å². The van der Waals surface area contributed by atoms with Gasteiger partial charge in [-0.2, -0.15) is 18.4 Å². The molecule has 1 aromatic carbocycles. The second-order valence-electron chi connectivity index (χ2n) is 10.5. The molecule has 2 aromatic heterocycles. The molecule has 0 radical (unpaired) electrons. The molecule has 0 unspecified atom stereocenters. The first-order chi connectivity index (χ1) is 18.2. The number of carbonyl (C=O) groups excluding carboxylic acids is 1. The molecule has 3 aromatic rings. The van der Waals surface area contributed by atoms with Crippen LogP contribution in [0.5, 0.6) is 0 Å². The zero-order valence-corrected chi connectivity index (χ0v) is 20.8. The Hall–Kier alpha value is -3.91. The Morgan fingerprint density at radius 3 is 2.53 bits per heavy atom. The molecule has 0 spiro atoms. The van der Waals surface area contributed by atoms with Crippen LogP contribution in [0.4, 0.5) is 30.4 Å². The summed E-state index contributed by atoms with van der Waals surface area (Å²) < 4.78 is 43.4. The van der Waals surface area contributed by atoms with E-state index in [0.29, 0.717) is 22.2 Å². The third kappa shape index (κ3) is 3.66. The maximum Gasteiger partial charge on any atom is 0.397 e. The number of carbonyl (C=O) groups is 1. The lowest BCUT2D eigenvalue weighted by atomic mass is 9.94. The molecule has 3 fully saturated rings. The summed E-state index contributed by atoms with van der Waals surface area (Å²) in [7, 11) is 2.07. The van der Waals surface area contributed by atoms with E-state index in [1.165, 1.54) is 0 Å². The number of nitrogens with one attached hydrogen (secondary N) is 1. The number of rotatable bonds is 4. The summed E-state index contributed by atoms with van der Waals surface area (Å²) in [6.45, 7) is 3.15. The number of nitriles is 1. The number of alkyl halides is 3. The number of halogens is 3. The summed E-state index contributed by atoms with van der Waals surface area (Å²) in [5, 5.41) is 12.7. The highest BCUT2D eigenvalue weighted by atomic mass is 19.4. The largest absolute Gasteiger partial charge is 0.397 e. The second-order valence-corrected chi connectivity index (χ2v) is 10.5. The fourth-order valence-electron chi connectivity index (χ4n) is 6.07. The molecule has 11 heteroatoms. The topological polar surface area (TPSA) is 88.4 Å². The van der Waals surface area contributed by atoms with Gasteiger partial charge in [-0.1, -0.05) is 0 Å². The quantitative estimate of drug-likeness (QED) is 0.561. The summed E-state index contributed by atoms with van der Waals surface area (Å²) >= 11 is 0. The second kappa shape index (κ2) is 8.56. The number of aromatic nitrogens is 2. The molecule has 6 rings (SSSR count). The Balaban J connectivity index is 1.26. The Labute approximate surface area is 217 Å². The van der Waals surface area contributed by atoms with Crippen molar-refractivity contribution in [1.29, 1.82) is 5.26 Å². The zero-order chi connectivity index (χ0) is 26.7. The number of fused-ring (bicyclic) bond motifs is 2. The Morgan fingerprint density at radius 2 is 1.84 bits per heavy atom. The summed E-state index contributed by atoms with van der Waals surface area (Å²) in [5.41, 5.74) is -1.55. The van der Waals surface area contributed by atoms with Crippen LogP contribution in [0.2, 0.25) is 0 Å². The lowest BCUT2D eigenvalue weighted by Crippen LogP contribution is -2.44. The van der Waals surface area contributed by atoms with Crippen LogP contribution in [0.25, 0.3) is 10.9 Å². The average Bonchev–Trinajstić information content (AvgIpc) is 3.46. The van der Waals surface area contributed by atoms with Crippen molar-refractivity contribution in [3.63, 3.8) is 0 Å². The fourth-order valence-corrected chi connectivity index (χ4v) is 6.07. The van der Waals surface area contributed by atoms with Gasteiger partial charge in [-0.3, -0.25) is 9.78 Å². The van der Waals surface area contributed by atoms with Crippen LogP contribution in [0.15, 0.2) is 48.8 Å². The molecule has 1 saturated carbocycles. The van der Waals surface area contributed by atoms with E-state index in [1.54, 1.807) is 47.6 Å². The molecule has 3 aliphatic rings. The highest BCUT2D eigenvalue weighted by molar-refractivity contribution is 6.01. The van der Waals surface area contributed by atoms with Gasteiger partial charge in [0.25, 0.3) is 0 Å². The highest BCUT2D eigenvalue weighted by Crippen LogP contribution is 2.75. The van der Waals surface area contributed by atoms with Crippen LogP contribution >= 0.6 is 0 Å². The Bertz CT molecular complexity index is 1450. The Kier molecular flexibility index (Phi) is 5.50. The minimum absolute atomic E-state index is 0.0897. The monoisotopic (exact) mass is 521 g/mol. The van der Waals surface area contributed by atoms with Crippen molar-refractivity contribution < 1.29 is 18.0 Å². The van der Waals surface area contributed by atoms with Gasteiger partial charge in [0, 0.05) is 56.5 Å². The van der Waals surface area contributed by atoms with Crippen LogP contribution in [0.1, 0.15) is 12.0 Å². The van der Waals surface area contributed by atoms with E-state index in [9.17, 15) is 23.2 Å². The maximum absolute atomic E-state index is 14.5. The smallest absolute Gasteiger partial charge is 0.369 e. The first-order valence-electron chi connectivity index (χ1n) is 12.5. The average molecular weight is 522 g/mol. The van der Waals surface area contributed by atoms with Gasteiger partial charge in [-0.05, 0) is 49.9 Å². The normalized spacial score (nSPS) is 25.2. The van der Waals surface area contributed by atoms with Crippen molar-refractivity contribution in [1.82, 2.24) is 14.9 Å². The first kappa shape index (κ1) is 24.4. The Morgan fingerprint density at radius 1 is 1.05 bits per heavy atom. The van der Waals surface area contributed by atoms with E-state index in [2.05, 4.69) is 38.2 Å². The van der Waals surface area contributed by atoms with Gasteiger partial charge in [0.15, 0.2) is 0 Å². The van der Waals surface area contributed by atoms with E-state index in [1.807, 2.05) is 6.07 Å². The van der Waals surface area contributed by atoms with Gasteiger partial charge in [-0.25, -0.2) is 4.98 Å². The van der Waals surface area contributed by atoms with Crippen LogP contribution in [0.3, 0.4) is 0 Å². The molecule has 196 valence electrons. The third-order valence-electron chi connectivity index (χ3n) is 8.36. The number of anilines is 3. The molecule has 38 heavy (non-hydrogen) atoms. The van der Waals surface area contributed by atoms with Crippen molar-refractivity contribution >= 4 is 34.0 Å². The number of likely N-dealkylation sites (N-methyl/N-ethyl adjacent to an activating group) is 1. The number of piperazine rings is 1. The molecular formula is C27H26F3N7O. The van der Waals surface area contributed by atoms with Crippen LogP contribution < -0.4 is 15.1 Å². The summed E-state index contributed by atoms with van der Waals surface area (Å²) in [6.07, 6.45) is -1.63. The maximum atomic E-state index is 14.5. The molecule has 1 amide bonds. The van der Waals surface area contributed by atoms with E-state index < -0.39 is 22.9 Å². The van der Waals surface area contributed by atoms with Gasteiger partial charge in [0.1, 0.15) is 17.3 Å². The van der Waals surface area contributed by atoms with Gasteiger partial charge in [-0.15, -0.1) is 0 Å².